The first-order valence-corrected chi connectivity index (χ1v) is 3.60. The van der Waals surface area contributed by atoms with Crippen molar-refractivity contribution in [3.05, 3.63) is 36.1 Å². The van der Waals surface area contributed by atoms with E-state index in [-0.39, 0.29) is 5.97 Å². The van der Waals surface area contributed by atoms with Crippen molar-refractivity contribution in [1.82, 2.24) is 0 Å². The Labute approximate surface area is 70.7 Å². The molecule has 1 atom stereocenters. The first-order valence-electron chi connectivity index (χ1n) is 3.60. The average Bonchev–Trinajstić information content (AvgIpc) is 2.04. The molecule has 3 nitrogen and oxygen atoms in total. The molecule has 3 heteroatoms. The number of aliphatic hydroxyl groups excluding tert-OH is 1. The number of carbonyl (C=O) groups excluding carboxylic acids is 1. The fraction of sp³-hybridized carbons (Fsp3) is 0.222. The van der Waals surface area contributed by atoms with Gasteiger partial charge in [0.2, 0.25) is 0 Å². The second kappa shape index (κ2) is 3.76. The van der Waals surface area contributed by atoms with Gasteiger partial charge in [0, 0.05) is 12.5 Å². The number of carbonyl (C=O) groups is 1. The van der Waals surface area contributed by atoms with Crippen molar-refractivity contribution in [3.8, 4) is 0 Å². The zero-order valence-corrected chi connectivity index (χ0v) is 6.73. The van der Waals surface area contributed by atoms with Crippen LogP contribution in [0.2, 0.25) is 0 Å². The van der Waals surface area contributed by atoms with Gasteiger partial charge in [0.1, 0.15) is 6.10 Å². The van der Waals surface area contributed by atoms with Gasteiger partial charge in [0.15, 0.2) is 0 Å². The maximum atomic E-state index is 10.6. The first-order chi connectivity index (χ1) is 5.74. The van der Waals surface area contributed by atoms with Crippen molar-refractivity contribution in [2.75, 3.05) is 0 Å². The van der Waals surface area contributed by atoms with Crippen LogP contribution in [0.4, 0.5) is 0 Å². The zero-order chi connectivity index (χ0) is 8.97. The zero-order valence-electron chi connectivity index (χ0n) is 6.73. The number of ether oxygens (including phenoxy) is 1. The molecule has 1 rings (SSSR count). The number of allylic oxidation sites excluding steroid dienone is 2. The van der Waals surface area contributed by atoms with Gasteiger partial charge in [0.05, 0.1) is 6.26 Å². The summed E-state index contributed by atoms with van der Waals surface area (Å²) >= 11 is 0. The number of hydrogen-bond acceptors (Lipinski definition) is 3. The van der Waals surface area contributed by atoms with Crippen LogP contribution >= 0.6 is 0 Å². The van der Waals surface area contributed by atoms with Crippen LogP contribution in [0.5, 0.6) is 0 Å². The highest BCUT2D eigenvalue weighted by atomic mass is 16.5. The smallest absolute Gasteiger partial charge is 0.303 e. The van der Waals surface area contributed by atoms with Gasteiger partial charge >= 0.3 is 5.97 Å². The highest BCUT2D eigenvalue weighted by molar-refractivity contribution is 5.67. The van der Waals surface area contributed by atoms with Gasteiger partial charge in [-0.25, -0.2) is 0 Å². The molecule has 1 N–H and O–H groups in total. The van der Waals surface area contributed by atoms with Crippen LogP contribution in [0.25, 0.3) is 0 Å². The second-order valence-corrected chi connectivity index (χ2v) is 2.40. The Bertz CT molecular complexity index is 261. The quantitative estimate of drug-likeness (QED) is 0.474. The highest BCUT2D eigenvalue weighted by Gasteiger charge is 2.13. The minimum absolute atomic E-state index is 0.362. The van der Waals surface area contributed by atoms with E-state index in [4.69, 9.17) is 9.84 Å². The van der Waals surface area contributed by atoms with Crippen molar-refractivity contribution in [2.45, 2.75) is 13.0 Å². The third-order valence-corrected chi connectivity index (χ3v) is 1.46. The Hall–Kier alpha value is -1.51. The molecular weight excluding hydrogens is 156 g/mol. The molecule has 0 radical (unpaired) electrons. The van der Waals surface area contributed by atoms with Crippen LogP contribution in [0.15, 0.2) is 36.1 Å². The minimum Gasteiger partial charge on any atom is -0.515 e. The molecule has 0 bridgehead atoms. The van der Waals surface area contributed by atoms with Crippen LogP contribution in [0.3, 0.4) is 0 Å². The van der Waals surface area contributed by atoms with E-state index in [1.807, 2.05) is 0 Å². The van der Waals surface area contributed by atoms with Gasteiger partial charge < -0.3 is 9.84 Å². The standard InChI is InChI=1S/C9H10O3/c1-7(11)12-9-5-3-2-4-8(9)6-10/h2-6,9-10H,1H3. The lowest BCUT2D eigenvalue weighted by atomic mass is 10.1. The van der Waals surface area contributed by atoms with E-state index in [0.717, 1.165) is 6.26 Å². The molecule has 1 aliphatic rings. The van der Waals surface area contributed by atoms with Gasteiger partial charge in [-0.15, -0.1) is 0 Å². The lowest BCUT2D eigenvalue weighted by molar-refractivity contribution is -0.142. The van der Waals surface area contributed by atoms with E-state index < -0.39 is 6.10 Å². The summed E-state index contributed by atoms with van der Waals surface area (Å²) in [6.07, 6.45) is 7.41. The molecule has 0 aliphatic heterocycles. The van der Waals surface area contributed by atoms with Crippen molar-refractivity contribution in [3.63, 3.8) is 0 Å². The number of hydrogen-bond donors (Lipinski definition) is 1. The number of rotatable bonds is 1. The van der Waals surface area contributed by atoms with Gasteiger partial charge in [-0.1, -0.05) is 18.2 Å². The molecular formula is C9H10O3. The van der Waals surface area contributed by atoms with Crippen molar-refractivity contribution < 1.29 is 14.6 Å². The second-order valence-electron chi connectivity index (χ2n) is 2.40. The van der Waals surface area contributed by atoms with E-state index in [9.17, 15) is 4.79 Å². The highest BCUT2D eigenvalue weighted by Crippen LogP contribution is 2.14. The normalized spacial score (nSPS) is 24.4. The monoisotopic (exact) mass is 166 g/mol. The Kier molecular flexibility index (Phi) is 2.69. The molecule has 0 amide bonds. The fourth-order valence-electron chi connectivity index (χ4n) is 0.940. The average molecular weight is 166 g/mol. The summed E-state index contributed by atoms with van der Waals surface area (Å²) in [6.45, 7) is 1.33. The Morgan fingerprint density at radius 1 is 1.67 bits per heavy atom. The lowest BCUT2D eigenvalue weighted by Crippen LogP contribution is -2.16. The van der Waals surface area contributed by atoms with E-state index in [0.29, 0.717) is 5.57 Å². The third-order valence-electron chi connectivity index (χ3n) is 1.46. The van der Waals surface area contributed by atoms with Crippen LogP contribution in [0.1, 0.15) is 6.92 Å². The SMILES string of the molecule is CC(=O)OC1C=CC=CC1=CO. The van der Waals surface area contributed by atoms with Crippen molar-refractivity contribution in [2.24, 2.45) is 0 Å². The van der Waals surface area contributed by atoms with Gasteiger partial charge in [-0.3, -0.25) is 4.79 Å². The lowest BCUT2D eigenvalue weighted by Gasteiger charge is -2.15. The molecule has 0 saturated heterocycles. The molecule has 1 aliphatic carbocycles. The maximum absolute atomic E-state index is 10.6. The molecule has 12 heavy (non-hydrogen) atoms. The number of esters is 1. The number of aliphatic hydroxyl groups is 1. The van der Waals surface area contributed by atoms with Crippen LogP contribution < -0.4 is 0 Å². The van der Waals surface area contributed by atoms with Gasteiger partial charge in [0.25, 0.3) is 0 Å². The summed E-state index contributed by atoms with van der Waals surface area (Å²) in [5.41, 5.74) is 0.577. The Morgan fingerprint density at radius 2 is 2.42 bits per heavy atom. The largest absolute Gasteiger partial charge is 0.515 e. The molecule has 0 spiro atoms. The molecule has 64 valence electrons. The molecule has 0 aromatic heterocycles. The fourth-order valence-corrected chi connectivity index (χ4v) is 0.940. The topological polar surface area (TPSA) is 46.5 Å². The third kappa shape index (κ3) is 1.99. The summed E-state index contributed by atoms with van der Waals surface area (Å²) in [7, 11) is 0. The predicted molar refractivity (Wildman–Crippen MR) is 44.5 cm³/mol. The molecule has 0 heterocycles. The summed E-state index contributed by atoms with van der Waals surface area (Å²) in [4.78, 5) is 10.6. The summed E-state index contributed by atoms with van der Waals surface area (Å²) in [6, 6.07) is 0. The van der Waals surface area contributed by atoms with E-state index in [1.54, 1.807) is 24.3 Å². The predicted octanol–water partition coefficient (Wildman–Crippen LogP) is 1.49. The van der Waals surface area contributed by atoms with Crippen LogP contribution in [0, 0.1) is 0 Å². The Morgan fingerprint density at radius 3 is 3.00 bits per heavy atom. The Balaban J connectivity index is 2.70. The summed E-state index contributed by atoms with van der Waals surface area (Å²) < 4.78 is 4.89. The van der Waals surface area contributed by atoms with Gasteiger partial charge in [-0.2, -0.15) is 0 Å². The van der Waals surface area contributed by atoms with Crippen molar-refractivity contribution in [1.29, 1.82) is 0 Å². The first kappa shape index (κ1) is 8.59. The van der Waals surface area contributed by atoms with E-state index in [1.165, 1.54) is 6.92 Å². The molecule has 1 unspecified atom stereocenters. The van der Waals surface area contributed by atoms with E-state index >= 15 is 0 Å². The molecule has 0 aromatic rings. The maximum Gasteiger partial charge on any atom is 0.303 e. The van der Waals surface area contributed by atoms with Crippen LogP contribution in [-0.4, -0.2) is 17.2 Å². The minimum atomic E-state index is -0.447. The summed E-state index contributed by atoms with van der Waals surface area (Å²) in [5, 5.41) is 8.74. The van der Waals surface area contributed by atoms with Crippen LogP contribution in [-0.2, 0) is 9.53 Å². The van der Waals surface area contributed by atoms with Gasteiger partial charge in [-0.05, 0) is 6.08 Å². The molecule has 0 fully saturated rings. The van der Waals surface area contributed by atoms with E-state index in [2.05, 4.69) is 0 Å². The summed E-state index contributed by atoms with van der Waals surface area (Å²) in [5.74, 6) is -0.362. The molecule has 0 aromatic carbocycles. The van der Waals surface area contributed by atoms with Crippen molar-refractivity contribution >= 4 is 5.97 Å². The molecule has 0 saturated carbocycles.